The van der Waals surface area contributed by atoms with Crippen molar-refractivity contribution in [3.8, 4) is 11.5 Å². The molecule has 0 atom stereocenters. The van der Waals surface area contributed by atoms with Crippen molar-refractivity contribution in [3.05, 3.63) is 60.2 Å². The van der Waals surface area contributed by atoms with E-state index in [9.17, 15) is 23.4 Å². The number of hydrogen-bond acceptors (Lipinski definition) is 6. The fourth-order valence-corrected chi connectivity index (χ4v) is 3.30. The first-order valence-electron chi connectivity index (χ1n) is 7.49. The summed E-state index contributed by atoms with van der Waals surface area (Å²) in [6.45, 7) is 0. The third-order valence-electron chi connectivity index (χ3n) is 3.83. The Kier molecular flexibility index (Phi) is 4.54. The third-order valence-corrected chi connectivity index (χ3v) is 5.09. The maximum Gasteiger partial charge on any atom is 0.296 e. The SMILES string of the molecule is COS(=O)(=O)c1cc(O)c2c(NC(=O)c3ccccc3O)cccc2c1. The zero-order chi connectivity index (χ0) is 18.9. The Morgan fingerprint density at radius 3 is 2.42 bits per heavy atom. The summed E-state index contributed by atoms with van der Waals surface area (Å²) in [4.78, 5) is 12.2. The van der Waals surface area contributed by atoms with Crippen LogP contribution in [0.3, 0.4) is 0 Å². The molecule has 0 heterocycles. The van der Waals surface area contributed by atoms with Gasteiger partial charge in [0.2, 0.25) is 0 Å². The fourth-order valence-electron chi connectivity index (χ4n) is 2.58. The van der Waals surface area contributed by atoms with Gasteiger partial charge in [-0.05, 0) is 29.7 Å². The van der Waals surface area contributed by atoms with Crippen LogP contribution in [0.25, 0.3) is 10.8 Å². The number of carbonyl (C=O) groups is 1. The minimum Gasteiger partial charge on any atom is -0.507 e. The zero-order valence-corrected chi connectivity index (χ0v) is 14.4. The molecule has 3 rings (SSSR count). The molecule has 0 bridgehead atoms. The van der Waals surface area contributed by atoms with Crippen molar-refractivity contribution in [2.75, 3.05) is 12.4 Å². The number of rotatable bonds is 4. The molecule has 8 heteroatoms. The predicted molar refractivity (Wildman–Crippen MR) is 95.9 cm³/mol. The zero-order valence-electron chi connectivity index (χ0n) is 13.6. The lowest BCUT2D eigenvalue weighted by Gasteiger charge is -2.12. The second-order valence-corrected chi connectivity index (χ2v) is 7.15. The Morgan fingerprint density at radius 2 is 1.73 bits per heavy atom. The van der Waals surface area contributed by atoms with Crippen molar-refractivity contribution in [2.24, 2.45) is 0 Å². The molecular formula is C18H15NO6S. The molecule has 0 spiro atoms. The van der Waals surface area contributed by atoms with E-state index in [-0.39, 0.29) is 33.0 Å². The van der Waals surface area contributed by atoms with Gasteiger partial charge >= 0.3 is 0 Å². The molecule has 134 valence electrons. The molecule has 3 aromatic rings. The van der Waals surface area contributed by atoms with Gasteiger partial charge in [0.15, 0.2) is 0 Å². The lowest BCUT2D eigenvalue weighted by atomic mass is 10.1. The smallest absolute Gasteiger partial charge is 0.296 e. The van der Waals surface area contributed by atoms with Crippen LogP contribution in [0.2, 0.25) is 0 Å². The van der Waals surface area contributed by atoms with E-state index in [2.05, 4.69) is 9.50 Å². The number of carbonyl (C=O) groups excluding carboxylic acids is 1. The first kappa shape index (κ1) is 17.7. The molecule has 3 N–H and O–H groups in total. The van der Waals surface area contributed by atoms with Gasteiger partial charge in [-0.15, -0.1) is 0 Å². The van der Waals surface area contributed by atoms with Gasteiger partial charge in [0.1, 0.15) is 11.5 Å². The van der Waals surface area contributed by atoms with Gasteiger partial charge in [0.25, 0.3) is 16.0 Å². The number of anilines is 1. The maximum atomic E-state index is 12.4. The van der Waals surface area contributed by atoms with Gasteiger partial charge in [0, 0.05) is 11.5 Å². The Morgan fingerprint density at radius 1 is 1.00 bits per heavy atom. The summed E-state index contributed by atoms with van der Waals surface area (Å²) in [7, 11) is -2.95. The Hall–Kier alpha value is -3.10. The summed E-state index contributed by atoms with van der Waals surface area (Å²) in [6, 6.07) is 13.2. The number of nitrogens with one attached hydrogen (secondary N) is 1. The van der Waals surface area contributed by atoms with Crippen LogP contribution in [0.1, 0.15) is 10.4 Å². The topological polar surface area (TPSA) is 113 Å². The van der Waals surface area contributed by atoms with E-state index < -0.39 is 16.0 Å². The Balaban J connectivity index is 2.08. The lowest BCUT2D eigenvalue weighted by molar-refractivity contribution is 0.102. The molecule has 26 heavy (non-hydrogen) atoms. The molecule has 0 unspecified atom stereocenters. The van der Waals surface area contributed by atoms with Crippen molar-refractivity contribution in [1.29, 1.82) is 0 Å². The van der Waals surface area contributed by atoms with Crippen LogP contribution >= 0.6 is 0 Å². The summed E-state index contributed by atoms with van der Waals surface area (Å²) in [5.41, 5.74) is 0.345. The number of phenolic OH excluding ortho intramolecular Hbond substituents is 2. The minimum absolute atomic E-state index is 0.0718. The van der Waals surface area contributed by atoms with Crippen LogP contribution in [0.15, 0.2) is 59.5 Å². The van der Waals surface area contributed by atoms with Crippen LogP contribution in [0.5, 0.6) is 11.5 Å². The molecule has 0 fully saturated rings. The Labute approximate surface area is 149 Å². The molecule has 0 aromatic heterocycles. The van der Waals surface area contributed by atoms with Crippen LogP contribution < -0.4 is 5.32 Å². The second kappa shape index (κ2) is 6.66. The third kappa shape index (κ3) is 3.19. The first-order chi connectivity index (χ1) is 12.3. The van der Waals surface area contributed by atoms with E-state index in [0.717, 1.165) is 13.2 Å². The summed E-state index contributed by atoms with van der Waals surface area (Å²) in [5.74, 6) is -1.07. The fraction of sp³-hybridized carbons (Fsp3) is 0.0556. The van der Waals surface area contributed by atoms with Gasteiger partial charge in [-0.3, -0.25) is 8.98 Å². The summed E-state index contributed by atoms with van der Waals surface area (Å²) >= 11 is 0. The van der Waals surface area contributed by atoms with Crippen molar-refractivity contribution < 1.29 is 27.6 Å². The highest BCUT2D eigenvalue weighted by Crippen LogP contribution is 2.35. The standard InChI is InChI=1S/C18H15NO6S/c1-25-26(23,24)12-9-11-5-4-7-14(17(11)16(21)10-12)19-18(22)13-6-2-3-8-15(13)20/h2-10,20-21H,1H3,(H,19,22). The molecule has 0 saturated heterocycles. The molecule has 3 aromatic carbocycles. The van der Waals surface area contributed by atoms with Gasteiger partial charge < -0.3 is 15.5 Å². The Bertz CT molecular complexity index is 1110. The van der Waals surface area contributed by atoms with E-state index in [1.165, 1.54) is 18.2 Å². The highest BCUT2D eigenvalue weighted by Gasteiger charge is 2.18. The van der Waals surface area contributed by atoms with Crippen LogP contribution in [-0.2, 0) is 14.3 Å². The van der Waals surface area contributed by atoms with Gasteiger partial charge in [-0.25, -0.2) is 0 Å². The maximum absolute atomic E-state index is 12.4. The summed E-state index contributed by atoms with van der Waals surface area (Å²) in [6.07, 6.45) is 0. The van der Waals surface area contributed by atoms with Crippen LogP contribution in [0, 0.1) is 0 Å². The largest absolute Gasteiger partial charge is 0.507 e. The average molecular weight is 373 g/mol. The minimum atomic E-state index is -3.98. The number of hydrogen-bond donors (Lipinski definition) is 3. The molecule has 0 saturated carbocycles. The van der Waals surface area contributed by atoms with Crippen molar-refractivity contribution >= 4 is 32.5 Å². The van der Waals surface area contributed by atoms with E-state index in [4.69, 9.17) is 0 Å². The number of fused-ring (bicyclic) bond motifs is 1. The number of phenols is 2. The van der Waals surface area contributed by atoms with Crippen molar-refractivity contribution in [1.82, 2.24) is 0 Å². The first-order valence-corrected chi connectivity index (χ1v) is 8.90. The monoisotopic (exact) mass is 373 g/mol. The van der Waals surface area contributed by atoms with E-state index in [0.29, 0.717) is 5.39 Å². The highest BCUT2D eigenvalue weighted by molar-refractivity contribution is 7.86. The lowest BCUT2D eigenvalue weighted by Crippen LogP contribution is -2.12. The second-order valence-electron chi connectivity index (χ2n) is 5.44. The number of para-hydroxylation sites is 1. The van der Waals surface area contributed by atoms with Gasteiger partial charge in [-0.1, -0.05) is 24.3 Å². The highest BCUT2D eigenvalue weighted by atomic mass is 32.2. The average Bonchev–Trinajstić information content (AvgIpc) is 2.61. The normalized spacial score (nSPS) is 11.4. The predicted octanol–water partition coefficient (Wildman–Crippen LogP) is 2.84. The molecule has 0 aliphatic carbocycles. The van der Waals surface area contributed by atoms with E-state index >= 15 is 0 Å². The molecule has 1 amide bonds. The van der Waals surface area contributed by atoms with E-state index in [1.54, 1.807) is 30.3 Å². The van der Waals surface area contributed by atoms with Crippen molar-refractivity contribution in [3.63, 3.8) is 0 Å². The summed E-state index contributed by atoms with van der Waals surface area (Å²) in [5, 5.41) is 23.4. The van der Waals surface area contributed by atoms with E-state index in [1.807, 2.05) is 0 Å². The molecule has 0 aliphatic heterocycles. The number of aromatic hydroxyl groups is 2. The van der Waals surface area contributed by atoms with Crippen LogP contribution in [0.4, 0.5) is 5.69 Å². The molecular weight excluding hydrogens is 358 g/mol. The number of benzene rings is 3. The quantitative estimate of drug-likeness (QED) is 0.606. The van der Waals surface area contributed by atoms with Crippen LogP contribution in [-0.4, -0.2) is 31.6 Å². The molecule has 7 nitrogen and oxygen atoms in total. The molecule has 0 aliphatic rings. The van der Waals surface area contributed by atoms with Gasteiger partial charge in [0.05, 0.1) is 23.3 Å². The number of amides is 1. The molecule has 0 radical (unpaired) electrons. The van der Waals surface area contributed by atoms with Gasteiger partial charge in [-0.2, -0.15) is 8.42 Å². The van der Waals surface area contributed by atoms with Crippen molar-refractivity contribution in [2.45, 2.75) is 4.90 Å². The summed E-state index contributed by atoms with van der Waals surface area (Å²) < 4.78 is 28.2.